The lowest BCUT2D eigenvalue weighted by molar-refractivity contribution is 0.477. The van der Waals surface area contributed by atoms with Gasteiger partial charge >= 0.3 is 0 Å². The van der Waals surface area contributed by atoms with Crippen molar-refractivity contribution in [3.8, 4) is 0 Å². The molecule has 1 aliphatic heterocycles. The Morgan fingerprint density at radius 1 is 1.07 bits per heavy atom. The van der Waals surface area contributed by atoms with Crippen LogP contribution in [0.4, 0.5) is 4.39 Å². The second-order valence-corrected chi connectivity index (χ2v) is 8.83. The van der Waals surface area contributed by atoms with E-state index in [1.165, 1.54) is 10.4 Å². The molecule has 2 N–H and O–H groups in total. The van der Waals surface area contributed by atoms with Crippen LogP contribution >= 0.6 is 0 Å². The van der Waals surface area contributed by atoms with E-state index in [1.807, 2.05) is 6.92 Å². The molecule has 0 aromatic heterocycles. The Hall–Kier alpha value is -2.45. The molecule has 0 aliphatic carbocycles. The Kier molecular flexibility index (Phi) is 7.22. The summed E-state index contributed by atoms with van der Waals surface area (Å²) in [6.07, 6.45) is 1.83. The van der Waals surface area contributed by atoms with Gasteiger partial charge in [0.1, 0.15) is 5.82 Å². The van der Waals surface area contributed by atoms with Crippen molar-refractivity contribution in [1.82, 2.24) is 14.9 Å². The number of sulfonamides is 1. The molecule has 1 aliphatic rings. The third-order valence-corrected chi connectivity index (χ3v) is 6.71. The summed E-state index contributed by atoms with van der Waals surface area (Å²) in [5, 5.41) is 6.25. The molecule has 1 fully saturated rings. The van der Waals surface area contributed by atoms with Crippen molar-refractivity contribution in [2.75, 3.05) is 19.6 Å². The van der Waals surface area contributed by atoms with E-state index < -0.39 is 10.0 Å². The van der Waals surface area contributed by atoms with Crippen molar-refractivity contribution in [3.05, 3.63) is 65.5 Å². The topological polar surface area (TPSA) is 73.8 Å². The summed E-state index contributed by atoms with van der Waals surface area (Å²) in [4.78, 5) is 4.83. The molecule has 8 heteroatoms. The lowest BCUT2D eigenvalue weighted by atomic mass is 10.2. The summed E-state index contributed by atoms with van der Waals surface area (Å²) >= 11 is 0. The standard InChI is InChI=1S/C21H27FN4O2S/c1-2-23-21(25-16-18-7-3-4-8-20(18)22)24-15-17-9-11-19(12-10-17)29(27,28)26-13-5-6-14-26/h3-4,7-12H,2,5-6,13-16H2,1H3,(H2,23,24,25). The van der Waals surface area contributed by atoms with E-state index in [0.717, 1.165) is 18.4 Å². The minimum absolute atomic E-state index is 0.259. The molecule has 1 heterocycles. The predicted molar refractivity (Wildman–Crippen MR) is 112 cm³/mol. The van der Waals surface area contributed by atoms with Gasteiger partial charge in [0.05, 0.1) is 11.4 Å². The zero-order chi connectivity index (χ0) is 20.7. The number of hydrogen-bond donors (Lipinski definition) is 2. The number of aliphatic imine (C=N–C) groups is 1. The molecule has 1 saturated heterocycles. The number of hydrogen-bond acceptors (Lipinski definition) is 3. The van der Waals surface area contributed by atoms with Crippen LogP contribution < -0.4 is 10.6 Å². The fraction of sp³-hybridized carbons (Fsp3) is 0.381. The zero-order valence-corrected chi connectivity index (χ0v) is 17.4. The summed E-state index contributed by atoms with van der Waals surface area (Å²) in [5.74, 6) is 0.315. The van der Waals surface area contributed by atoms with Crippen LogP contribution in [0.1, 0.15) is 30.9 Å². The molecule has 3 rings (SSSR count). The molecule has 0 bridgehead atoms. The second-order valence-electron chi connectivity index (χ2n) is 6.90. The Labute approximate surface area is 171 Å². The van der Waals surface area contributed by atoms with Gasteiger partial charge in [-0.3, -0.25) is 0 Å². The number of benzene rings is 2. The molecule has 29 heavy (non-hydrogen) atoms. The molecular formula is C21H27FN4O2S. The van der Waals surface area contributed by atoms with Crippen molar-refractivity contribution in [2.24, 2.45) is 4.99 Å². The SMILES string of the molecule is CCNC(=NCc1ccc(S(=O)(=O)N2CCCC2)cc1)NCc1ccccc1F. The first-order valence-electron chi connectivity index (χ1n) is 9.85. The number of rotatable bonds is 7. The summed E-state index contributed by atoms with van der Waals surface area (Å²) in [6.45, 7) is 4.53. The van der Waals surface area contributed by atoms with Crippen molar-refractivity contribution >= 4 is 16.0 Å². The van der Waals surface area contributed by atoms with E-state index in [4.69, 9.17) is 0 Å². The van der Waals surface area contributed by atoms with Gasteiger partial charge < -0.3 is 10.6 Å². The van der Waals surface area contributed by atoms with Gasteiger partial charge in [0.2, 0.25) is 10.0 Å². The van der Waals surface area contributed by atoms with E-state index in [9.17, 15) is 12.8 Å². The first kappa shape index (κ1) is 21.3. The van der Waals surface area contributed by atoms with Crippen LogP contribution in [0.25, 0.3) is 0 Å². The van der Waals surface area contributed by atoms with Gasteiger partial charge in [0.25, 0.3) is 0 Å². The Morgan fingerprint density at radius 3 is 2.41 bits per heavy atom. The zero-order valence-electron chi connectivity index (χ0n) is 16.6. The second kappa shape index (κ2) is 9.84. The summed E-state index contributed by atoms with van der Waals surface area (Å²) < 4.78 is 40.5. The number of guanidine groups is 1. The number of nitrogens with zero attached hydrogens (tertiary/aromatic N) is 2. The molecule has 0 radical (unpaired) electrons. The average molecular weight is 419 g/mol. The highest BCUT2D eigenvalue weighted by Gasteiger charge is 2.26. The van der Waals surface area contributed by atoms with Gasteiger partial charge in [0, 0.05) is 31.7 Å². The van der Waals surface area contributed by atoms with Crippen LogP contribution in [0.15, 0.2) is 58.4 Å². The normalized spacial score (nSPS) is 15.4. The van der Waals surface area contributed by atoms with E-state index in [2.05, 4.69) is 15.6 Å². The highest BCUT2D eigenvalue weighted by molar-refractivity contribution is 7.89. The van der Waals surface area contributed by atoms with E-state index in [-0.39, 0.29) is 5.82 Å². The molecule has 6 nitrogen and oxygen atoms in total. The number of halogens is 1. The van der Waals surface area contributed by atoms with E-state index in [0.29, 0.717) is 49.1 Å². The quantitative estimate of drug-likeness (QED) is 0.536. The largest absolute Gasteiger partial charge is 0.357 e. The molecule has 2 aromatic carbocycles. The third-order valence-electron chi connectivity index (χ3n) is 4.79. The van der Waals surface area contributed by atoms with Gasteiger partial charge in [-0.2, -0.15) is 4.31 Å². The molecule has 0 saturated carbocycles. The Bertz CT molecular complexity index is 939. The Morgan fingerprint density at radius 2 is 1.76 bits per heavy atom. The Balaban J connectivity index is 1.64. The molecule has 0 amide bonds. The molecular weight excluding hydrogens is 391 g/mol. The predicted octanol–water partition coefficient (Wildman–Crippen LogP) is 2.87. The van der Waals surface area contributed by atoms with Crippen LogP contribution in [0.2, 0.25) is 0 Å². The summed E-state index contributed by atoms with van der Waals surface area (Å²) in [5.41, 5.74) is 1.46. The molecule has 156 valence electrons. The number of nitrogens with one attached hydrogen (secondary N) is 2. The van der Waals surface area contributed by atoms with Crippen LogP contribution in [0.3, 0.4) is 0 Å². The fourth-order valence-electron chi connectivity index (χ4n) is 3.18. The van der Waals surface area contributed by atoms with Crippen LogP contribution in [-0.4, -0.2) is 38.3 Å². The maximum absolute atomic E-state index is 13.8. The van der Waals surface area contributed by atoms with Crippen LogP contribution in [0, 0.1) is 5.82 Å². The average Bonchev–Trinajstić information content (AvgIpc) is 3.27. The molecule has 2 aromatic rings. The van der Waals surface area contributed by atoms with Crippen LogP contribution in [-0.2, 0) is 23.1 Å². The highest BCUT2D eigenvalue weighted by Crippen LogP contribution is 2.21. The lowest BCUT2D eigenvalue weighted by Crippen LogP contribution is -2.37. The smallest absolute Gasteiger partial charge is 0.243 e. The molecule has 0 atom stereocenters. The summed E-state index contributed by atoms with van der Waals surface area (Å²) in [6, 6.07) is 13.5. The minimum atomic E-state index is -3.40. The first-order valence-corrected chi connectivity index (χ1v) is 11.3. The van der Waals surface area contributed by atoms with Gasteiger partial charge in [-0.25, -0.2) is 17.8 Å². The molecule has 0 unspecified atom stereocenters. The first-order chi connectivity index (χ1) is 14.0. The highest BCUT2D eigenvalue weighted by atomic mass is 32.2. The monoisotopic (exact) mass is 418 g/mol. The summed E-state index contributed by atoms with van der Waals surface area (Å²) in [7, 11) is -3.40. The lowest BCUT2D eigenvalue weighted by Gasteiger charge is -2.15. The van der Waals surface area contributed by atoms with Crippen molar-refractivity contribution in [2.45, 2.75) is 37.8 Å². The van der Waals surface area contributed by atoms with Gasteiger partial charge in [-0.15, -0.1) is 0 Å². The third kappa shape index (κ3) is 5.55. The van der Waals surface area contributed by atoms with Crippen molar-refractivity contribution in [1.29, 1.82) is 0 Å². The maximum atomic E-state index is 13.8. The maximum Gasteiger partial charge on any atom is 0.243 e. The fourth-order valence-corrected chi connectivity index (χ4v) is 4.69. The van der Waals surface area contributed by atoms with Gasteiger partial charge in [-0.05, 0) is 43.5 Å². The van der Waals surface area contributed by atoms with Crippen molar-refractivity contribution in [3.63, 3.8) is 0 Å². The van der Waals surface area contributed by atoms with E-state index in [1.54, 1.807) is 42.5 Å². The van der Waals surface area contributed by atoms with E-state index >= 15 is 0 Å². The molecule has 0 spiro atoms. The minimum Gasteiger partial charge on any atom is -0.357 e. The van der Waals surface area contributed by atoms with Crippen LogP contribution in [0.5, 0.6) is 0 Å². The van der Waals surface area contributed by atoms with Gasteiger partial charge in [0.15, 0.2) is 5.96 Å². The van der Waals surface area contributed by atoms with Gasteiger partial charge in [-0.1, -0.05) is 30.3 Å². The van der Waals surface area contributed by atoms with Crippen molar-refractivity contribution < 1.29 is 12.8 Å².